The molecule has 0 radical (unpaired) electrons. The molecule has 0 aliphatic heterocycles. The number of fused-ring (bicyclic) bond motifs is 1. The molecule has 6 heteroatoms. The van der Waals surface area contributed by atoms with Crippen LogP contribution < -0.4 is 5.48 Å². The van der Waals surface area contributed by atoms with Gasteiger partial charge >= 0.3 is 0 Å². The molecule has 0 bridgehead atoms. The van der Waals surface area contributed by atoms with E-state index in [-0.39, 0.29) is 11.5 Å². The summed E-state index contributed by atoms with van der Waals surface area (Å²) < 4.78 is 15.5. The second kappa shape index (κ2) is 5.57. The second-order valence-corrected chi connectivity index (χ2v) is 5.08. The quantitative estimate of drug-likeness (QED) is 0.577. The van der Waals surface area contributed by atoms with Crippen LogP contribution in [0.5, 0.6) is 0 Å². The molecule has 3 rings (SSSR count). The Hall–Kier alpha value is -2.73. The Bertz CT molecular complexity index is 858. The highest BCUT2D eigenvalue weighted by molar-refractivity contribution is 5.93. The Balaban J connectivity index is 1.99. The van der Waals surface area contributed by atoms with Crippen LogP contribution in [0.2, 0.25) is 0 Å². The number of carbonyl (C=O) groups excluding carboxylic acids is 1. The van der Waals surface area contributed by atoms with Crippen molar-refractivity contribution in [3.05, 3.63) is 65.2 Å². The van der Waals surface area contributed by atoms with E-state index in [1.54, 1.807) is 24.5 Å². The Morgan fingerprint density at radius 2 is 2.14 bits per heavy atom. The summed E-state index contributed by atoms with van der Waals surface area (Å²) in [7, 11) is 0. The van der Waals surface area contributed by atoms with Gasteiger partial charge in [0, 0.05) is 18.1 Å². The van der Waals surface area contributed by atoms with Crippen LogP contribution in [0.3, 0.4) is 0 Å². The van der Waals surface area contributed by atoms with Gasteiger partial charge in [-0.1, -0.05) is 12.1 Å². The van der Waals surface area contributed by atoms with Crippen molar-refractivity contribution in [1.82, 2.24) is 15.0 Å². The van der Waals surface area contributed by atoms with Gasteiger partial charge in [0.1, 0.15) is 17.2 Å². The molecule has 1 aromatic carbocycles. The molecule has 0 unspecified atom stereocenters. The first kappa shape index (κ1) is 14.2. The van der Waals surface area contributed by atoms with E-state index >= 15 is 0 Å². The van der Waals surface area contributed by atoms with Crippen LogP contribution in [-0.2, 0) is 6.54 Å². The van der Waals surface area contributed by atoms with E-state index in [0.717, 1.165) is 10.9 Å². The van der Waals surface area contributed by atoms with Crippen molar-refractivity contribution in [2.24, 2.45) is 0 Å². The molecule has 2 aromatic heterocycles. The average Bonchev–Trinajstić information content (AvgIpc) is 2.92. The van der Waals surface area contributed by atoms with Gasteiger partial charge < -0.3 is 4.57 Å². The zero-order valence-corrected chi connectivity index (χ0v) is 11.9. The molecule has 5 nitrogen and oxygen atoms in total. The number of rotatable bonds is 3. The highest BCUT2D eigenvalue weighted by Crippen LogP contribution is 2.17. The van der Waals surface area contributed by atoms with Crippen molar-refractivity contribution in [2.45, 2.75) is 13.5 Å². The zero-order chi connectivity index (χ0) is 15.7. The number of hydrogen-bond donors (Lipinski definition) is 2. The summed E-state index contributed by atoms with van der Waals surface area (Å²) in [5.74, 6) is -0.918. The first-order valence-electron chi connectivity index (χ1n) is 6.74. The summed E-state index contributed by atoms with van der Waals surface area (Å²) in [6.45, 7) is 2.16. The Labute approximate surface area is 126 Å². The number of carbonyl (C=O) groups is 1. The van der Waals surface area contributed by atoms with Crippen LogP contribution in [0.4, 0.5) is 4.39 Å². The van der Waals surface area contributed by atoms with Gasteiger partial charge in [0.15, 0.2) is 0 Å². The van der Waals surface area contributed by atoms with Crippen LogP contribution in [0, 0.1) is 12.7 Å². The maximum atomic E-state index is 13.6. The molecule has 0 aliphatic rings. The van der Waals surface area contributed by atoms with Crippen LogP contribution in [0.25, 0.3) is 11.0 Å². The van der Waals surface area contributed by atoms with Gasteiger partial charge in [-0.2, -0.15) is 0 Å². The summed E-state index contributed by atoms with van der Waals surface area (Å²) in [5, 5.41) is 9.55. The first-order chi connectivity index (χ1) is 10.6. The van der Waals surface area contributed by atoms with Gasteiger partial charge in [-0.3, -0.25) is 10.0 Å². The molecule has 112 valence electrons. The van der Waals surface area contributed by atoms with E-state index in [2.05, 4.69) is 4.98 Å². The molecular weight excluding hydrogens is 285 g/mol. The monoisotopic (exact) mass is 299 g/mol. The maximum absolute atomic E-state index is 13.6. The third-order valence-corrected chi connectivity index (χ3v) is 3.53. The van der Waals surface area contributed by atoms with Gasteiger partial charge in [-0.05, 0) is 42.3 Å². The third-order valence-electron chi connectivity index (χ3n) is 3.53. The van der Waals surface area contributed by atoms with E-state index in [1.807, 2.05) is 22.9 Å². The predicted molar refractivity (Wildman–Crippen MR) is 79.2 cm³/mol. The Morgan fingerprint density at radius 3 is 2.86 bits per heavy atom. The normalized spacial score (nSPS) is 10.9. The SMILES string of the molecule is Cc1ccc(Cn2ccc3ccc(C(=O)NO)nc32)cc1F. The first-order valence-corrected chi connectivity index (χ1v) is 6.74. The lowest BCUT2D eigenvalue weighted by Crippen LogP contribution is -2.20. The molecule has 3 aromatic rings. The third kappa shape index (κ3) is 2.56. The minimum absolute atomic E-state index is 0.116. The largest absolute Gasteiger partial charge is 0.328 e. The number of hydroxylamine groups is 1. The topological polar surface area (TPSA) is 67.2 Å². The van der Waals surface area contributed by atoms with Crippen LogP contribution in [-0.4, -0.2) is 20.7 Å². The highest BCUT2D eigenvalue weighted by atomic mass is 19.1. The number of amides is 1. The van der Waals surface area contributed by atoms with Crippen molar-refractivity contribution in [1.29, 1.82) is 0 Å². The minimum atomic E-state index is -0.670. The molecular formula is C16H14FN3O2. The lowest BCUT2D eigenvalue weighted by Gasteiger charge is -2.07. The molecule has 2 N–H and O–H groups in total. The smallest absolute Gasteiger partial charge is 0.293 e. The van der Waals surface area contributed by atoms with E-state index in [0.29, 0.717) is 17.8 Å². The highest BCUT2D eigenvalue weighted by Gasteiger charge is 2.10. The van der Waals surface area contributed by atoms with E-state index in [9.17, 15) is 9.18 Å². The summed E-state index contributed by atoms with van der Waals surface area (Å²) in [4.78, 5) is 15.7. The summed E-state index contributed by atoms with van der Waals surface area (Å²) >= 11 is 0. The standard InChI is InChI=1S/C16H14FN3O2/c1-10-2-3-11(8-13(10)17)9-20-7-6-12-4-5-14(16(21)19-22)18-15(12)20/h2-8,22H,9H2,1H3,(H,19,21). The van der Waals surface area contributed by atoms with Crippen molar-refractivity contribution < 1.29 is 14.4 Å². The van der Waals surface area contributed by atoms with Gasteiger partial charge in [-0.25, -0.2) is 14.9 Å². The molecule has 2 heterocycles. The number of pyridine rings is 1. The van der Waals surface area contributed by atoms with E-state index in [1.165, 1.54) is 12.1 Å². The maximum Gasteiger partial charge on any atom is 0.293 e. The molecule has 0 saturated carbocycles. The second-order valence-electron chi connectivity index (χ2n) is 5.08. The van der Waals surface area contributed by atoms with Gasteiger partial charge in [-0.15, -0.1) is 0 Å². The van der Waals surface area contributed by atoms with Crippen molar-refractivity contribution in [3.8, 4) is 0 Å². The average molecular weight is 299 g/mol. The lowest BCUT2D eigenvalue weighted by molar-refractivity contribution is 0.0701. The Kier molecular flexibility index (Phi) is 3.60. The molecule has 0 atom stereocenters. The molecule has 0 fully saturated rings. The van der Waals surface area contributed by atoms with Crippen molar-refractivity contribution in [2.75, 3.05) is 0 Å². The molecule has 0 aliphatic carbocycles. The molecule has 0 saturated heterocycles. The molecule has 22 heavy (non-hydrogen) atoms. The van der Waals surface area contributed by atoms with Gasteiger partial charge in [0.05, 0.1) is 0 Å². The van der Waals surface area contributed by atoms with Gasteiger partial charge in [0.25, 0.3) is 5.91 Å². The fourth-order valence-corrected chi connectivity index (χ4v) is 2.30. The number of halogens is 1. The van der Waals surface area contributed by atoms with Crippen LogP contribution in [0.1, 0.15) is 21.6 Å². The van der Waals surface area contributed by atoms with Crippen LogP contribution >= 0.6 is 0 Å². The number of nitrogens with one attached hydrogen (secondary N) is 1. The summed E-state index contributed by atoms with van der Waals surface area (Å²) in [5.41, 5.74) is 3.68. The molecule has 0 spiro atoms. The number of nitrogens with zero attached hydrogens (tertiary/aromatic N) is 2. The number of benzene rings is 1. The lowest BCUT2D eigenvalue weighted by atomic mass is 10.1. The fraction of sp³-hybridized carbons (Fsp3) is 0.125. The molecule has 1 amide bonds. The number of hydrogen-bond acceptors (Lipinski definition) is 3. The van der Waals surface area contributed by atoms with Gasteiger partial charge in [0.2, 0.25) is 0 Å². The summed E-state index contributed by atoms with van der Waals surface area (Å²) in [6.07, 6.45) is 1.83. The van der Waals surface area contributed by atoms with E-state index in [4.69, 9.17) is 5.21 Å². The van der Waals surface area contributed by atoms with Crippen molar-refractivity contribution >= 4 is 16.9 Å². The zero-order valence-electron chi connectivity index (χ0n) is 11.9. The predicted octanol–water partition coefficient (Wildman–Crippen LogP) is 2.65. The number of aromatic nitrogens is 2. The van der Waals surface area contributed by atoms with E-state index < -0.39 is 5.91 Å². The van der Waals surface area contributed by atoms with Crippen molar-refractivity contribution in [3.63, 3.8) is 0 Å². The summed E-state index contributed by atoms with van der Waals surface area (Å²) in [6, 6.07) is 10.2. The number of aryl methyl sites for hydroxylation is 1. The van der Waals surface area contributed by atoms with Crippen LogP contribution in [0.15, 0.2) is 42.6 Å². The fourth-order valence-electron chi connectivity index (χ4n) is 2.30. The Morgan fingerprint density at radius 1 is 1.32 bits per heavy atom. The minimum Gasteiger partial charge on any atom is -0.328 e.